The minimum Gasteiger partial charge on any atom is -0.504 e. The van der Waals surface area contributed by atoms with Crippen molar-refractivity contribution in [1.29, 1.82) is 0 Å². The number of amides is 3. The molecule has 0 radical (unpaired) electrons. The van der Waals surface area contributed by atoms with Gasteiger partial charge in [-0.25, -0.2) is 4.39 Å². The molecule has 7 rings (SSSR count). The fraction of sp³-hybridized carbons (Fsp3) is 0.229. The summed E-state index contributed by atoms with van der Waals surface area (Å²) in [7, 11) is 1.48. The van der Waals surface area contributed by atoms with Crippen molar-refractivity contribution in [3.8, 4) is 34.1 Å². The Morgan fingerprint density at radius 3 is 2.65 bits per heavy atom. The number of methoxy groups -OCH3 is 1. The highest BCUT2D eigenvalue weighted by Gasteiger charge is 2.39. The number of aromatic hydroxyl groups is 1. The molecule has 0 saturated carbocycles. The van der Waals surface area contributed by atoms with Gasteiger partial charge in [0.1, 0.15) is 11.9 Å². The van der Waals surface area contributed by atoms with Gasteiger partial charge in [-0.3, -0.25) is 14.4 Å². The molecule has 4 aromatic carbocycles. The van der Waals surface area contributed by atoms with Crippen LogP contribution >= 0.6 is 0 Å². The maximum atomic E-state index is 14.1. The van der Waals surface area contributed by atoms with Crippen LogP contribution in [0.25, 0.3) is 11.1 Å². The fourth-order valence-corrected chi connectivity index (χ4v) is 5.62. The van der Waals surface area contributed by atoms with Crippen molar-refractivity contribution in [2.75, 3.05) is 26.8 Å². The second-order valence-corrected chi connectivity index (χ2v) is 11.2. The third-order valence-electron chi connectivity index (χ3n) is 8.10. The number of ether oxygens (including phenoxy) is 3. The Labute approximate surface area is 264 Å². The first-order chi connectivity index (χ1) is 22.2. The molecule has 6 bridgehead atoms. The molecule has 11 heteroatoms. The number of phenolic OH excluding ortho intramolecular Hbond substituents is 1. The molecule has 1 fully saturated rings. The highest BCUT2D eigenvalue weighted by Crippen LogP contribution is 2.33. The smallest absolute Gasteiger partial charge is 0.258 e. The summed E-state index contributed by atoms with van der Waals surface area (Å²) in [6.45, 7) is 2.03. The molecule has 3 amide bonds. The van der Waals surface area contributed by atoms with Gasteiger partial charge in [-0.05, 0) is 77.7 Å². The number of halogens is 1. The van der Waals surface area contributed by atoms with Gasteiger partial charge in [-0.1, -0.05) is 30.3 Å². The van der Waals surface area contributed by atoms with Crippen LogP contribution in [0, 0.1) is 12.7 Å². The summed E-state index contributed by atoms with van der Waals surface area (Å²) in [5, 5.41) is 16.1. The first-order valence-electron chi connectivity index (χ1n) is 14.7. The average molecular weight is 626 g/mol. The predicted molar refractivity (Wildman–Crippen MR) is 167 cm³/mol. The van der Waals surface area contributed by atoms with Crippen LogP contribution in [-0.2, 0) is 11.3 Å². The van der Waals surface area contributed by atoms with Crippen LogP contribution in [-0.4, -0.2) is 66.7 Å². The summed E-state index contributed by atoms with van der Waals surface area (Å²) in [6.07, 6.45) is -0.729. The monoisotopic (exact) mass is 625 g/mol. The Hall–Kier alpha value is -5.58. The summed E-state index contributed by atoms with van der Waals surface area (Å²) >= 11 is 0. The van der Waals surface area contributed by atoms with Gasteiger partial charge in [0.05, 0.1) is 25.3 Å². The number of carbonyl (C=O) groups is 3. The molecule has 0 spiro atoms. The van der Waals surface area contributed by atoms with E-state index in [2.05, 4.69) is 10.6 Å². The zero-order valence-electron chi connectivity index (χ0n) is 25.2. The first kappa shape index (κ1) is 30.4. The van der Waals surface area contributed by atoms with E-state index in [9.17, 15) is 23.9 Å². The van der Waals surface area contributed by atoms with E-state index in [1.54, 1.807) is 36.4 Å². The molecule has 46 heavy (non-hydrogen) atoms. The summed E-state index contributed by atoms with van der Waals surface area (Å²) in [5.74, 6) is -1.71. The lowest BCUT2D eigenvalue weighted by atomic mass is 9.97. The van der Waals surface area contributed by atoms with Crippen LogP contribution in [0.2, 0.25) is 0 Å². The molecule has 0 aromatic heterocycles. The number of hydrogen-bond donors (Lipinski definition) is 3. The van der Waals surface area contributed by atoms with Crippen LogP contribution in [0.15, 0.2) is 78.9 Å². The third kappa shape index (κ3) is 6.30. The number of nitrogens with one attached hydrogen (secondary N) is 2. The van der Waals surface area contributed by atoms with Gasteiger partial charge >= 0.3 is 0 Å². The summed E-state index contributed by atoms with van der Waals surface area (Å²) in [4.78, 5) is 41.2. The normalized spacial score (nSPS) is 18.0. The Morgan fingerprint density at radius 2 is 1.83 bits per heavy atom. The van der Waals surface area contributed by atoms with Crippen LogP contribution in [0.5, 0.6) is 23.0 Å². The maximum Gasteiger partial charge on any atom is 0.258 e. The number of carbonyl (C=O) groups excluding carboxylic acids is 3. The molecule has 4 aromatic rings. The number of likely N-dealkylation sites (tertiary alicyclic amines) is 1. The van der Waals surface area contributed by atoms with E-state index in [1.807, 2.05) is 31.2 Å². The number of nitrogens with zero attached hydrogens (tertiary/aromatic N) is 1. The van der Waals surface area contributed by atoms with E-state index in [0.717, 1.165) is 28.3 Å². The minimum atomic E-state index is -0.911. The second kappa shape index (κ2) is 12.8. The molecular weight excluding hydrogens is 593 g/mol. The molecule has 236 valence electrons. The van der Waals surface area contributed by atoms with E-state index in [4.69, 9.17) is 14.2 Å². The minimum absolute atomic E-state index is 0.0344. The number of rotatable bonds is 2. The zero-order chi connectivity index (χ0) is 32.4. The highest BCUT2D eigenvalue weighted by molar-refractivity contribution is 5.98. The van der Waals surface area contributed by atoms with Crippen LogP contribution in [0.1, 0.15) is 31.8 Å². The van der Waals surface area contributed by atoms with Gasteiger partial charge < -0.3 is 34.9 Å². The highest BCUT2D eigenvalue weighted by atomic mass is 19.1. The number of benzene rings is 4. The molecule has 3 aliphatic rings. The summed E-state index contributed by atoms with van der Waals surface area (Å²) < 4.78 is 31.8. The predicted octanol–water partition coefficient (Wildman–Crippen LogP) is 4.23. The van der Waals surface area contributed by atoms with Gasteiger partial charge in [-0.15, -0.1) is 0 Å². The molecule has 1 saturated heterocycles. The van der Waals surface area contributed by atoms with Crippen molar-refractivity contribution in [3.63, 3.8) is 0 Å². The van der Waals surface area contributed by atoms with E-state index in [0.29, 0.717) is 22.8 Å². The molecule has 3 aliphatic heterocycles. The Kier molecular flexibility index (Phi) is 8.47. The second-order valence-electron chi connectivity index (χ2n) is 11.2. The largest absolute Gasteiger partial charge is 0.504 e. The maximum absolute atomic E-state index is 14.1. The Morgan fingerprint density at radius 1 is 1.00 bits per heavy atom. The summed E-state index contributed by atoms with van der Waals surface area (Å²) in [6, 6.07) is 20.9. The van der Waals surface area contributed by atoms with Gasteiger partial charge in [-0.2, -0.15) is 0 Å². The number of hydrogen-bond acceptors (Lipinski definition) is 7. The molecular formula is C35H32FN3O7. The first-order valence-corrected chi connectivity index (χ1v) is 14.7. The Bertz CT molecular complexity index is 1830. The van der Waals surface area contributed by atoms with Crippen molar-refractivity contribution in [1.82, 2.24) is 15.5 Å². The topological polar surface area (TPSA) is 126 Å². The Balaban J connectivity index is 1.37. The van der Waals surface area contributed by atoms with E-state index >= 15 is 0 Å². The van der Waals surface area contributed by atoms with Gasteiger partial charge in [0.25, 0.3) is 17.7 Å². The standard InChI is InChI=1S/C35H32FN3O7/c1-20-9-11-23-15-26(20)22-5-3-6-24(14-22)45-19-32(40)37-16-21-10-12-29(30(13-21)44-2)46-31-18-39(17-28(31)38-34(23)42)35(43)25-7-4-8-27(36)33(25)41/h3-15,28,31,41H,16-19H2,1-2H3,(H,37,40)(H,38,42)/t28-,31-/m0/s1. The number of fused-ring (bicyclic) bond motifs is 7. The average Bonchev–Trinajstić information content (AvgIpc) is 3.45. The van der Waals surface area contributed by atoms with Crippen molar-refractivity contribution in [3.05, 3.63) is 107 Å². The number of para-hydroxylation sites is 1. The van der Waals surface area contributed by atoms with E-state index in [-0.39, 0.29) is 43.6 Å². The van der Waals surface area contributed by atoms with Crippen molar-refractivity contribution in [2.24, 2.45) is 0 Å². The molecule has 3 N–H and O–H groups in total. The van der Waals surface area contributed by atoms with Crippen LogP contribution in [0.3, 0.4) is 0 Å². The zero-order valence-corrected chi connectivity index (χ0v) is 25.2. The van der Waals surface area contributed by atoms with Crippen LogP contribution in [0.4, 0.5) is 4.39 Å². The lowest BCUT2D eigenvalue weighted by Gasteiger charge is -2.23. The van der Waals surface area contributed by atoms with Crippen LogP contribution < -0.4 is 24.8 Å². The fourth-order valence-electron chi connectivity index (χ4n) is 5.62. The quantitative estimate of drug-likeness (QED) is 0.305. The van der Waals surface area contributed by atoms with Crippen molar-refractivity contribution in [2.45, 2.75) is 25.6 Å². The van der Waals surface area contributed by atoms with Gasteiger partial charge in [0.15, 0.2) is 29.7 Å². The van der Waals surface area contributed by atoms with E-state index < -0.39 is 29.6 Å². The number of aryl methyl sites for hydroxylation is 1. The van der Waals surface area contributed by atoms with Gasteiger partial charge in [0.2, 0.25) is 0 Å². The van der Waals surface area contributed by atoms with Crippen molar-refractivity contribution < 1.29 is 38.1 Å². The van der Waals surface area contributed by atoms with E-state index in [1.165, 1.54) is 24.1 Å². The molecule has 2 atom stereocenters. The lowest BCUT2D eigenvalue weighted by Crippen LogP contribution is -2.45. The molecule has 3 heterocycles. The van der Waals surface area contributed by atoms with Gasteiger partial charge in [0, 0.05) is 18.7 Å². The SMILES string of the molecule is COc1cc2ccc1O[C@H]1CN(C(=O)c3cccc(F)c3O)C[C@@H]1NC(=O)c1ccc(C)c(c1)-c1cccc(c1)OCC(=O)NC2. The lowest BCUT2D eigenvalue weighted by molar-refractivity contribution is -0.123. The van der Waals surface area contributed by atoms with Crippen molar-refractivity contribution >= 4 is 17.7 Å². The number of phenols is 1. The molecule has 0 aliphatic carbocycles. The summed E-state index contributed by atoms with van der Waals surface area (Å²) in [5.41, 5.74) is 3.48. The molecule has 0 unspecified atom stereocenters. The molecule has 10 nitrogen and oxygen atoms in total. The third-order valence-corrected chi connectivity index (χ3v) is 8.10.